The zero-order valence-corrected chi connectivity index (χ0v) is 30.4. The zero-order valence-electron chi connectivity index (χ0n) is 28.0. The van der Waals surface area contributed by atoms with Gasteiger partial charge in [-0.2, -0.15) is 28.1 Å². The second-order valence-electron chi connectivity index (χ2n) is 10.6. The minimum Gasteiger partial charge on any atom is -0.478 e. The second kappa shape index (κ2) is 18.5. The number of nitrogens with one attached hydrogen (secondary N) is 1. The Kier molecular flexibility index (Phi) is 14.2. The van der Waals surface area contributed by atoms with Gasteiger partial charge in [-0.3, -0.25) is 4.55 Å². The lowest BCUT2D eigenvalue weighted by Crippen LogP contribution is -2.15. The number of carbonyl (C=O) groups is 1. The van der Waals surface area contributed by atoms with Gasteiger partial charge in [0.15, 0.2) is 9.84 Å². The Morgan fingerprint density at radius 1 is 0.792 bits per heavy atom. The molecule has 0 unspecified atom stereocenters. The van der Waals surface area contributed by atoms with E-state index in [4.69, 9.17) is 25.2 Å². The third-order valence-corrected chi connectivity index (χ3v) is 9.45. The third-order valence-electron chi connectivity index (χ3n) is 6.70. The fourth-order valence-corrected chi connectivity index (χ4v) is 6.25. The molecule has 0 aliphatic carbocycles. The first kappa shape index (κ1) is 40.6. The summed E-state index contributed by atoms with van der Waals surface area (Å²) >= 11 is 0.922. The highest BCUT2D eigenvalue weighted by Gasteiger charge is 2.27. The molecule has 0 aromatic heterocycles. The first-order chi connectivity index (χ1) is 25.2. The van der Waals surface area contributed by atoms with Gasteiger partial charge in [0.2, 0.25) is 0 Å². The van der Waals surface area contributed by atoms with Crippen molar-refractivity contribution in [2.45, 2.75) is 16.7 Å². The molecule has 4 aromatic carbocycles. The van der Waals surface area contributed by atoms with Crippen LogP contribution >= 0.6 is 12.0 Å². The van der Waals surface area contributed by atoms with Gasteiger partial charge in [0, 0.05) is 11.4 Å². The molecule has 19 nitrogen and oxygen atoms in total. The molecule has 0 heterocycles. The van der Waals surface area contributed by atoms with E-state index in [1.54, 1.807) is 49.5 Å². The number of benzene rings is 4. The predicted octanol–water partition coefficient (Wildman–Crippen LogP) is 6.87. The van der Waals surface area contributed by atoms with E-state index >= 15 is 0 Å². The molecule has 7 N–H and O–H groups in total. The Morgan fingerprint density at radius 3 is 1.94 bits per heavy atom. The second-order valence-corrected chi connectivity index (χ2v) is 14.6. The van der Waals surface area contributed by atoms with E-state index in [9.17, 15) is 26.7 Å². The van der Waals surface area contributed by atoms with Crippen molar-refractivity contribution >= 4 is 83.7 Å². The third kappa shape index (κ3) is 11.9. The van der Waals surface area contributed by atoms with E-state index in [1.807, 2.05) is 13.0 Å². The van der Waals surface area contributed by atoms with E-state index in [1.165, 1.54) is 18.2 Å². The number of hydrogen-bond donors (Lipinski definition) is 5. The topological polar surface area (TPSA) is 292 Å². The number of likely N-dealkylation sites (N-methyl/N-ethyl adjacent to an activating group) is 1. The fourth-order valence-electron chi connectivity index (χ4n) is 4.23. The van der Waals surface area contributed by atoms with Crippen molar-refractivity contribution in [2.75, 3.05) is 44.0 Å². The van der Waals surface area contributed by atoms with Crippen LogP contribution in [0.5, 0.6) is 0 Å². The van der Waals surface area contributed by atoms with Crippen molar-refractivity contribution in [2.24, 2.45) is 30.7 Å². The van der Waals surface area contributed by atoms with E-state index in [0.29, 0.717) is 23.7 Å². The summed E-state index contributed by atoms with van der Waals surface area (Å²) < 4.78 is 65.2. The molecule has 0 spiro atoms. The molecule has 22 heteroatoms. The van der Waals surface area contributed by atoms with E-state index in [-0.39, 0.29) is 44.7 Å². The van der Waals surface area contributed by atoms with Gasteiger partial charge in [-0.15, -0.1) is 15.3 Å². The lowest BCUT2D eigenvalue weighted by atomic mass is 10.1. The van der Waals surface area contributed by atoms with Gasteiger partial charge in [-0.25, -0.2) is 22.3 Å². The number of carboxylic acid groups (broad SMARTS) is 1. The van der Waals surface area contributed by atoms with Gasteiger partial charge in [-0.1, -0.05) is 24.3 Å². The quantitative estimate of drug-likeness (QED) is 0.0131. The summed E-state index contributed by atoms with van der Waals surface area (Å²) in [6.45, 7) is 1.87. The highest BCUT2D eigenvalue weighted by molar-refractivity contribution is 7.94. The smallest absolute Gasteiger partial charge is 0.397 e. The number of rotatable bonds is 18. The number of hydrogen-bond acceptors (Lipinski definition) is 18. The first-order valence-corrected chi connectivity index (χ1v) is 18.9. The summed E-state index contributed by atoms with van der Waals surface area (Å²) in [5, 5.41) is 38.1. The maximum absolute atomic E-state index is 12.8. The summed E-state index contributed by atoms with van der Waals surface area (Å²) in [6, 6.07) is 18.6. The number of nitrogens with two attached hydrogens (primary N) is 2. The van der Waals surface area contributed by atoms with Crippen LogP contribution < -0.4 is 16.8 Å². The molecule has 53 heavy (non-hydrogen) atoms. The van der Waals surface area contributed by atoms with Crippen LogP contribution in [0.3, 0.4) is 0 Å². The fraction of sp³-hybridized carbons (Fsp3) is 0.194. The van der Waals surface area contributed by atoms with E-state index < -0.39 is 44.1 Å². The number of nitrogen functional groups attached to an aromatic ring is 2. The van der Waals surface area contributed by atoms with Crippen molar-refractivity contribution in [3.63, 3.8) is 0 Å². The van der Waals surface area contributed by atoms with Gasteiger partial charge in [-0.05, 0) is 68.1 Å². The minimum atomic E-state index is -4.85. The standard InChI is InChI=1S/C31H33N9O10S3/c1-19-6-3-7-20(16-19)35-38-28-25(31(41)42)29(39-36-21-8-4-10-23(17-21)51-50-48-13-12-34-2)27(33)30(26(28)32)40-37-22-9-5-11-24(18-22)52(43,44)15-14-49-53(45,46)47/h3-11,16-18,34H,12-15,32-33H2,1-2H3,(H,41,42)(H,45,46,47)/b38-35?,39-36?,40-37-. The SMILES string of the molecule is CNCCOOSc1cccc(N=Nc2c(N)c(/N=N\c3cccc(S(=O)(=O)CCOS(=O)(=O)O)c3)c(N)c(N=Nc3cccc(C)c3)c2C(=O)O)c1. The molecule has 0 amide bonds. The van der Waals surface area contributed by atoms with Crippen LogP contribution in [0.15, 0.2) is 113 Å². The summed E-state index contributed by atoms with van der Waals surface area (Å²) in [5.74, 6) is -2.29. The normalized spacial score (nSPS) is 12.4. The number of anilines is 2. The van der Waals surface area contributed by atoms with Crippen molar-refractivity contribution < 1.29 is 44.7 Å². The van der Waals surface area contributed by atoms with Crippen molar-refractivity contribution in [1.82, 2.24) is 5.32 Å². The van der Waals surface area contributed by atoms with Crippen LogP contribution in [0.25, 0.3) is 0 Å². The van der Waals surface area contributed by atoms with Crippen LogP contribution in [-0.4, -0.2) is 65.0 Å². The van der Waals surface area contributed by atoms with Crippen molar-refractivity contribution in [3.8, 4) is 0 Å². The van der Waals surface area contributed by atoms with Gasteiger partial charge in [0.25, 0.3) is 0 Å². The summed E-state index contributed by atoms with van der Waals surface area (Å²) in [4.78, 5) is 18.1. The molecule has 0 aliphatic heterocycles. The maximum atomic E-state index is 12.8. The van der Waals surface area contributed by atoms with Gasteiger partial charge in [0.1, 0.15) is 22.6 Å². The van der Waals surface area contributed by atoms with Crippen molar-refractivity contribution in [1.29, 1.82) is 0 Å². The van der Waals surface area contributed by atoms with E-state index in [0.717, 1.165) is 23.7 Å². The van der Waals surface area contributed by atoms with Crippen LogP contribution in [0.4, 0.5) is 45.5 Å². The molecule has 4 aromatic rings. The summed E-state index contributed by atoms with van der Waals surface area (Å²) in [6.07, 6.45) is 0. The molecular formula is C31H33N9O10S3. The average molecular weight is 788 g/mol. The monoisotopic (exact) mass is 787 g/mol. The number of azo groups is 3. The number of aromatic carboxylic acids is 1. The molecule has 0 fully saturated rings. The number of sulfone groups is 1. The lowest BCUT2D eigenvalue weighted by molar-refractivity contribution is -0.188. The van der Waals surface area contributed by atoms with E-state index in [2.05, 4.69) is 40.2 Å². The molecule has 0 bridgehead atoms. The lowest BCUT2D eigenvalue weighted by Gasteiger charge is -2.13. The molecule has 0 saturated heterocycles. The highest BCUT2D eigenvalue weighted by Crippen LogP contribution is 2.49. The average Bonchev–Trinajstić information content (AvgIpc) is 3.10. The van der Waals surface area contributed by atoms with Gasteiger partial charge >= 0.3 is 16.4 Å². The van der Waals surface area contributed by atoms with Crippen LogP contribution in [0.2, 0.25) is 0 Å². The Balaban J connectivity index is 1.78. The molecule has 0 saturated carbocycles. The van der Waals surface area contributed by atoms with Gasteiger partial charge < -0.3 is 21.9 Å². The van der Waals surface area contributed by atoms with Crippen LogP contribution in [-0.2, 0) is 33.6 Å². The minimum absolute atomic E-state index is 0.0135. The molecular weight excluding hydrogens is 755 g/mol. The molecule has 280 valence electrons. The van der Waals surface area contributed by atoms with Crippen molar-refractivity contribution in [3.05, 3.63) is 83.9 Å². The number of carboxylic acids is 1. The number of aryl methyl sites for hydroxylation is 1. The van der Waals surface area contributed by atoms with Crippen LogP contribution in [0.1, 0.15) is 15.9 Å². The Bertz CT molecular complexity index is 2270. The predicted molar refractivity (Wildman–Crippen MR) is 195 cm³/mol. The van der Waals surface area contributed by atoms with Gasteiger partial charge in [0.05, 0.1) is 64.3 Å². The maximum Gasteiger partial charge on any atom is 0.397 e. The Morgan fingerprint density at radius 2 is 1.36 bits per heavy atom. The molecule has 4 rings (SSSR count). The van der Waals surface area contributed by atoms with Crippen LogP contribution in [0, 0.1) is 6.92 Å². The molecule has 0 aliphatic rings. The Labute approximate surface area is 308 Å². The summed E-state index contributed by atoms with van der Waals surface area (Å²) in [7, 11) is -7.19. The highest BCUT2D eigenvalue weighted by atomic mass is 32.3. The zero-order chi connectivity index (χ0) is 38.6. The molecule has 0 radical (unpaired) electrons. The first-order valence-electron chi connectivity index (χ1n) is 15.1. The Hall–Kier alpha value is -5.20. The summed E-state index contributed by atoms with van der Waals surface area (Å²) in [5.41, 5.74) is 12.1. The largest absolute Gasteiger partial charge is 0.478 e. The molecule has 0 atom stereocenters. The number of nitrogens with zero attached hydrogens (tertiary/aromatic N) is 6.